The number of hydrogen-bond donors (Lipinski definition) is 1. The maximum atomic E-state index is 12.5. The topological polar surface area (TPSA) is 59.9 Å². The number of anilines is 1. The SMILES string of the molecule is Cc1cccnc1N1CCN(C(=O)CN2CCC[C@@H](O)C2)CC1. The number of piperidine rings is 1. The van der Waals surface area contributed by atoms with Crippen molar-refractivity contribution in [2.24, 2.45) is 0 Å². The van der Waals surface area contributed by atoms with Gasteiger partial charge in [0.2, 0.25) is 5.91 Å². The summed E-state index contributed by atoms with van der Waals surface area (Å²) >= 11 is 0. The molecule has 2 aliphatic rings. The second kappa shape index (κ2) is 7.27. The zero-order chi connectivity index (χ0) is 16.2. The van der Waals surface area contributed by atoms with Crippen molar-refractivity contribution in [2.45, 2.75) is 25.9 Å². The lowest BCUT2D eigenvalue weighted by Gasteiger charge is -2.37. The first-order valence-corrected chi connectivity index (χ1v) is 8.48. The van der Waals surface area contributed by atoms with E-state index in [1.54, 1.807) is 0 Å². The fourth-order valence-electron chi connectivity index (χ4n) is 3.44. The van der Waals surface area contributed by atoms with E-state index in [0.717, 1.165) is 51.4 Å². The van der Waals surface area contributed by atoms with Crippen LogP contribution in [0.3, 0.4) is 0 Å². The number of aryl methyl sites for hydroxylation is 1. The number of aliphatic hydroxyl groups excluding tert-OH is 1. The molecule has 1 aromatic rings. The van der Waals surface area contributed by atoms with Crippen molar-refractivity contribution in [2.75, 3.05) is 50.7 Å². The Morgan fingerprint density at radius 3 is 2.78 bits per heavy atom. The van der Waals surface area contributed by atoms with Crippen molar-refractivity contribution in [3.05, 3.63) is 23.9 Å². The van der Waals surface area contributed by atoms with Crippen LogP contribution in [0.25, 0.3) is 0 Å². The minimum Gasteiger partial charge on any atom is -0.392 e. The molecule has 1 N–H and O–H groups in total. The molecule has 0 bridgehead atoms. The van der Waals surface area contributed by atoms with Crippen LogP contribution >= 0.6 is 0 Å². The van der Waals surface area contributed by atoms with Gasteiger partial charge in [0, 0.05) is 38.9 Å². The van der Waals surface area contributed by atoms with E-state index < -0.39 is 0 Å². The third-order valence-corrected chi connectivity index (χ3v) is 4.75. The minimum atomic E-state index is -0.277. The smallest absolute Gasteiger partial charge is 0.236 e. The van der Waals surface area contributed by atoms with E-state index >= 15 is 0 Å². The summed E-state index contributed by atoms with van der Waals surface area (Å²) in [6.45, 7) is 7.17. The molecule has 1 atom stereocenters. The third-order valence-electron chi connectivity index (χ3n) is 4.75. The molecule has 2 saturated heterocycles. The molecule has 3 heterocycles. The fraction of sp³-hybridized carbons (Fsp3) is 0.647. The predicted molar refractivity (Wildman–Crippen MR) is 89.4 cm³/mol. The zero-order valence-electron chi connectivity index (χ0n) is 13.8. The Kier molecular flexibility index (Phi) is 5.13. The molecule has 3 rings (SSSR count). The Labute approximate surface area is 137 Å². The summed E-state index contributed by atoms with van der Waals surface area (Å²) in [6, 6.07) is 4.02. The molecular formula is C17H26N4O2. The summed E-state index contributed by atoms with van der Waals surface area (Å²) in [5.74, 6) is 1.20. The molecule has 0 radical (unpaired) electrons. The number of pyridine rings is 1. The second-order valence-corrected chi connectivity index (χ2v) is 6.54. The van der Waals surface area contributed by atoms with Crippen LogP contribution in [0.2, 0.25) is 0 Å². The lowest BCUT2D eigenvalue weighted by molar-refractivity contribution is -0.133. The third kappa shape index (κ3) is 4.00. The van der Waals surface area contributed by atoms with Crippen molar-refractivity contribution in [3.63, 3.8) is 0 Å². The monoisotopic (exact) mass is 318 g/mol. The Morgan fingerprint density at radius 2 is 2.09 bits per heavy atom. The number of rotatable bonds is 3. The van der Waals surface area contributed by atoms with Crippen molar-refractivity contribution in [1.29, 1.82) is 0 Å². The van der Waals surface area contributed by atoms with E-state index in [1.165, 1.54) is 5.56 Å². The number of amides is 1. The fourth-order valence-corrected chi connectivity index (χ4v) is 3.44. The molecule has 0 saturated carbocycles. The number of hydrogen-bond acceptors (Lipinski definition) is 5. The van der Waals surface area contributed by atoms with Gasteiger partial charge in [-0.2, -0.15) is 0 Å². The first-order chi connectivity index (χ1) is 11.1. The van der Waals surface area contributed by atoms with E-state index in [2.05, 4.69) is 27.8 Å². The van der Waals surface area contributed by atoms with Gasteiger partial charge in [0.05, 0.1) is 12.6 Å². The number of β-amino-alcohol motifs (C(OH)–C–C–N with tert-alkyl or cyclic N) is 1. The van der Waals surface area contributed by atoms with Crippen LogP contribution in [0.1, 0.15) is 18.4 Å². The Balaban J connectivity index is 1.50. The Hall–Kier alpha value is -1.66. The number of aliphatic hydroxyl groups is 1. The summed E-state index contributed by atoms with van der Waals surface area (Å²) in [5, 5.41) is 9.71. The number of piperazine rings is 1. The van der Waals surface area contributed by atoms with Crippen molar-refractivity contribution in [1.82, 2.24) is 14.8 Å². The molecule has 1 amide bonds. The highest BCUT2D eigenvalue weighted by molar-refractivity contribution is 5.78. The van der Waals surface area contributed by atoms with Crippen LogP contribution in [-0.2, 0) is 4.79 Å². The molecule has 0 spiro atoms. The van der Waals surface area contributed by atoms with Crippen molar-refractivity contribution in [3.8, 4) is 0 Å². The van der Waals surface area contributed by atoms with Crippen LogP contribution < -0.4 is 4.90 Å². The summed E-state index contributed by atoms with van der Waals surface area (Å²) < 4.78 is 0. The maximum absolute atomic E-state index is 12.5. The minimum absolute atomic E-state index is 0.177. The molecule has 6 nitrogen and oxygen atoms in total. The summed E-state index contributed by atoms with van der Waals surface area (Å²) in [4.78, 5) is 23.2. The van der Waals surface area contributed by atoms with Crippen LogP contribution in [0.5, 0.6) is 0 Å². The van der Waals surface area contributed by atoms with Crippen LogP contribution in [0, 0.1) is 6.92 Å². The molecular weight excluding hydrogens is 292 g/mol. The quantitative estimate of drug-likeness (QED) is 0.879. The highest BCUT2D eigenvalue weighted by Crippen LogP contribution is 2.18. The van der Waals surface area contributed by atoms with Gasteiger partial charge in [0.1, 0.15) is 5.82 Å². The van der Waals surface area contributed by atoms with Crippen LogP contribution in [0.4, 0.5) is 5.82 Å². The number of aromatic nitrogens is 1. The van der Waals surface area contributed by atoms with Gasteiger partial charge >= 0.3 is 0 Å². The van der Waals surface area contributed by atoms with E-state index in [9.17, 15) is 9.90 Å². The molecule has 0 aliphatic carbocycles. The van der Waals surface area contributed by atoms with E-state index in [4.69, 9.17) is 0 Å². The van der Waals surface area contributed by atoms with Gasteiger partial charge in [-0.25, -0.2) is 4.98 Å². The summed E-state index contributed by atoms with van der Waals surface area (Å²) in [6.07, 6.45) is 3.37. The molecule has 2 aliphatic heterocycles. The maximum Gasteiger partial charge on any atom is 0.236 e. The van der Waals surface area contributed by atoms with Gasteiger partial charge in [-0.15, -0.1) is 0 Å². The standard InChI is InChI=1S/C17H26N4O2/c1-14-4-2-6-18-17(14)21-10-8-20(9-11-21)16(23)13-19-7-3-5-15(22)12-19/h2,4,6,15,22H,3,5,7-13H2,1H3/t15-/m1/s1. The average molecular weight is 318 g/mol. The molecule has 0 aromatic carbocycles. The second-order valence-electron chi connectivity index (χ2n) is 6.54. The van der Waals surface area contributed by atoms with E-state index in [1.807, 2.05) is 17.2 Å². The van der Waals surface area contributed by atoms with Gasteiger partial charge in [-0.3, -0.25) is 9.69 Å². The van der Waals surface area contributed by atoms with Gasteiger partial charge in [0.25, 0.3) is 0 Å². The van der Waals surface area contributed by atoms with Gasteiger partial charge < -0.3 is 14.9 Å². The first kappa shape index (κ1) is 16.2. The van der Waals surface area contributed by atoms with Gasteiger partial charge in [-0.1, -0.05) is 6.07 Å². The molecule has 126 valence electrons. The lowest BCUT2D eigenvalue weighted by atomic mass is 10.1. The van der Waals surface area contributed by atoms with Crippen molar-refractivity contribution < 1.29 is 9.90 Å². The van der Waals surface area contributed by atoms with E-state index in [-0.39, 0.29) is 12.0 Å². The highest BCUT2D eigenvalue weighted by atomic mass is 16.3. The number of nitrogens with zero attached hydrogens (tertiary/aromatic N) is 4. The molecule has 23 heavy (non-hydrogen) atoms. The molecule has 6 heteroatoms. The largest absolute Gasteiger partial charge is 0.392 e. The van der Waals surface area contributed by atoms with Gasteiger partial charge in [0.15, 0.2) is 0 Å². The van der Waals surface area contributed by atoms with Crippen molar-refractivity contribution >= 4 is 11.7 Å². The normalized spacial score (nSPS) is 23.1. The zero-order valence-corrected chi connectivity index (χ0v) is 13.8. The van der Waals surface area contributed by atoms with Crippen LogP contribution in [-0.4, -0.2) is 77.7 Å². The van der Waals surface area contributed by atoms with E-state index in [0.29, 0.717) is 13.1 Å². The first-order valence-electron chi connectivity index (χ1n) is 8.48. The predicted octanol–water partition coefficient (Wildman–Crippen LogP) is 0.495. The number of carbonyl (C=O) groups excluding carboxylic acids is 1. The molecule has 1 aromatic heterocycles. The summed E-state index contributed by atoms with van der Waals surface area (Å²) in [7, 11) is 0. The highest BCUT2D eigenvalue weighted by Gasteiger charge is 2.25. The number of likely N-dealkylation sites (tertiary alicyclic amines) is 1. The Morgan fingerprint density at radius 1 is 1.30 bits per heavy atom. The average Bonchev–Trinajstić information content (AvgIpc) is 2.55. The molecule has 0 unspecified atom stereocenters. The molecule has 2 fully saturated rings. The van der Waals surface area contributed by atoms with Crippen LogP contribution in [0.15, 0.2) is 18.3 Å². The van der Waals surface area contributed by atoms with Gasteiger partial charge in [-0.05, 0) is 37.9 Å². The Bertz CT molecular complexity index is 543. The number of carbonyl (C=O) groups is 1. The lowest BCUT2D eigenvalue weighted by Crippen LogP contribution is -2.52. The summed E-state index contributed by atoms with van der Waals surface area (Å²) in [5.41, 5.74) is 1.18.